The number of nitro groups is 1. The molecular weight excluding hydrogens is 289 g/mol. The molecule has 5 nitrogen and oxygen atoms in total. The van der Waals surface area contributed by atoms with E-state index in [0.29, 0.717) is 4.47 Å². The van der Waals surface area contributed by atoms with Crippen LogP contribution in [0.1, 0.15) is 10.4 Å². The number of rotatable bonds is 2. The Bertz CT molecular complexity index is 435. The van der Waals surface area contributed by atoms with Crippen LogP contribution in [0.3, 0.4) is 0 Å². The van der Waals surface area contributed by atoms with Crippen LogP contribution in [0.2, 0.25) is 5.02 Å². The first-order chi connectivity index (χ1) is 6.97. The molecule has 0 aromatic heterocycles. The van der Waals surface area contributed by atoms with E-state index in [1.54, 1.807) is 0 Å². The van der Waals surface area contributed by atoms with Gasteiger partial charge in [-0.25, -0.2) is 4.79 Å². The lowest BCUT2D eigenvalue weighted by Gasteiger charge is -2.02. The van der Waals surface area contributed by atoms with Gasteiger partial charge in [0.15, 0.2) is 0 Å². The summed E-state index contributed by atoms with van der Waals surface area (Å²) >= 11 is 8.74. The van der Waals surface area contributed by atoms with Crippen LogP contribution < -0.4 is 0 Å². The van der Waals surface area contributed by atoms with E-state index in [-0.39, 0.29) is 16.3 Å². The molecule has 80 valence electrons. The molecule has 0 atom stereocenters. The molecular formula is C8H5BrClNO4. The van der Waals surface area contributed by atoms with Gasteiger partial charge in [-0.3, -0.25) is 10.1 Å². The summed E-state index contributed by atoms with van der Waals surface area (Å²) in [5, 5.41) is 10.8. The molecule has 0 aliphatic heterocycles. The molecule has 0 N–H and O–H groups in total. The van der Waals surface area contributed by atoms with E-state index < -0.39 is 10.9 Å². The van der Waals surface area contributed by atoms with Gasteiger partial charge in [-0.2, -0.15) is 0 Å². The standard InChI is InChI=1S/C8H5BrClNO4/c1-15-8(12)4-2-5(9)6(10)3-7(4)11(13)14/h2-3H,1H3. The third kappa shape index (κ3) is 2.45. The summed E-state index contributed by atoms with van der Waals surface area (Å²) in [6.07, 6.45) is 0. The lowest BCUT2D eigenvalue weighted by Crippen LogP contribution is -2.05. The zero-order valence-corrected chi connectivity index (χ0v) is 9.83. The van der Waals surface area contributed by atoms with Crippen LogP contribution in [-0.4, -0.2) is 18.0 Å². The molecule has 0 amide bonds. The van der Waals surface area contributed by atoms with Crippen LogP contribution in [-0.2, 0) is 4.74 Å². The maximum absolute atomic E-state index is 11.2. The molecule has 0 spiro atoms. The van der Waals surface area contributed by atoms with Gasteiger partial charge in [0.2, 0.25) is 0 Å². The minimum Gasteiger partial charge on any atom is -0.465 e. The predicted octanol–water partition coefficient (Wildman–Crippen LogP) is 2.80. The number of carbonyl (C=O) groups excluding carboxylic acids is 1. The van der Waals surface area contributed by atoms with Crippen LogP contribution >= 0.6 is 27.5 Å². The van der Waals surface area contributed by atoms with Crippen molar-refractivity contribution in [3.05, 3.63) is 37.3 Å². The summed E-state index contributed by atoms with van der Waals surface area (Å²) in [5.74, 6) is -0.779. The summed E-state index contributed by atoms with van der Waals surface area (Å²) in [6.45, 7) is 0. The monoisotopic (exact) mass is 293 g/mol. The average Bonchev–Trinajstić information content (AvgIpc) is 2.20. The first kappa shape index (κ1) is 11.9. The Morgan fingerprint density at radius 2 is 2.20 bits per heavy atom. The maximum Gasteiger partial charge on any atom is 0.344 e. The molecule has 7 heteroatoms. The maximum atomic E-state index is 11.2. The number of ether oxygens (including phenoxy) is 1. The Morgan fingerprint density at radius 1 is 1.60 bits per heavy atom. The zero-order chi connectivity index (χ0) is 11.6. The van der Waals surface area contributed by atoms with Gasteiger partial charge in [0.05, 0.1) is 17.1 Å². The molecule has 0 saturated carbocycles. The van der Waals surface area contributed by atoms with Gasteiger partial charge in [0.25, 0.3) is 5.69 Å². The van der Waals surface area contributed by atoms with Crippen LogP contribution in [0.25, 0.3) is 0 Å². The molecule has 0 bridgehead atoms. The third-order valence-corrected chi connectivity index (χ3v) is 2.84. The van der Waals surface area contributed by atoms with Gasteiger partial charge < -0.3 is 4.74 Å². The van der Waals surface area contributed by atoms with Crippen molar-refractivity contribution in [1.29, 1.82) is 0 Å². The van der Waals surface area contributed by atoms with Crippen LogP contribution in [0.15, 0.2) is 16.6 Å². The summed E-state index contributed by atoms with van der Waals surface area (Å²) in [4.78, 5) is 21.2. The Morgan fingerprint density at radius 3 is 2.67 bits per heavy atom. The molecule has 1 aromatic carbocycles. The van der Waals surface area contributed by atoms with Gasteiger partial charge in [0, 0.05) is 10.5 Å². The molecule has 0 radical (unpaired) electrons. The molecule has 0 aliphatic rings. The van der Waals surface area contributed by atoms with Gasteiger partial charge in [-0.05, 0) is 22.0 Å². The average molecular weight is 294 g/mol. The van der Waals surface area contributed by atoms with Crippen molar-refractivity contribution in [2.75, 3.05) is 7.11 Å². The highest BCUT2D eigenvalue weighted by Gasteiger charge is 2.22. The predicted molar refractivity (Wildman–Crippen MR) is 57.1 cm³/mol. The minimum absolute atomic E-state index is 0.140. The summed E-state index contributed by atoms with van der Waals surface area (Å²) in [5.41, 5.74) is -0.520. The normalized spacial score (nSPS) is 9.80. The van der Waals surface area contributed by atoms with Crippen molar-refractivity contribution in [3.63, 3.8) is 0 Å². The van der Waals surface area contributed by atoms with Crippen molar-refractivity contribution in [3.8, 4) is 0 Å². The number of halogens is 2. The Balaban J connectivity index is 3.41. The fourth-order valence-electron chi connectivity index (χ4n) is 0.961. The van der Waals surface area contributed by atoms with E-state index >= 15 is 0 Å². The van der Waals surface area contributed by atoms with Crippen molar-refractivity contribution in [2.45, 2.75) is 0 Å². The van der Waals surface area contributed by atoms with Crippen LogP contribution in [0.5, 0.6) is 0 Å². The van der Waals surface area contributed by atoms with E-state index in [9.17, 15) is 14.9 Å². The van der Waals surface area contributed by atoms with E-state index in [0.717, 1.165) is 13.2 Å². The van der Waals surface area contributed by atoms with E-state index in [1.165, 1.54) is 6.07 Å². The van der Waals surface area contributed by atoms with Gasteiger partial charge in [-0.1, -0.05) is 11.6 Å². The lowest BCUT2D eigenvalue weighted by molar-refractivity contribution is -0.385. The van der Waals surface area contributed by atoms with E-state index in [1.807, 2.05) is 0 Å². The fourth-order valence-corrected chi connectivity index (χ4v) is 1.46. The number of hydrogen-bond acceptors (Lipinski definition) is 4. The summed E-state index contributed by atoms with van der Waals surface area (Å²) in [6, 6.07) is 2.35. The van der Waals surface area contributed by atoms with Gasteiger partial charge in [-0.15, -0.1) is 0 Å². The molecule has 0 unspecified atom stereocenters. The van der Waals surface area contributed by atoms with Crippen molar-refractivity contribution in [2.24, 2.45) is 0 Å². The minimum atomic E-state index is -0.779. The molecule has 1 rings (SSSR count). The second-order valence-electron chi connectivity index (χ2n) is 2.53. The highest BCUT2D eigenvalue weighted by Crippen LogP contribution is 2.30. The van der Waals surface area contributed by atoms with Crippen molar-refractivity contribution < 1.29 is 14.5 Å². The highest BCUT2D eigenvalue weighted by atomic mass is 79.9. The number of esters is 1. The number of methoxy groups -OCH3 is 1. The first-order valence-electron chi connectivity index (χ1n) is 3.69. The molecule has 15 heavy (non-hydrogen) atoms. The molecule has 0 aliphatic carbocycles. The van der Waals surface area contributed by atoms with Crippen molar-refractivity contribution in [1.82, 2.24) is 0 Å². The summed E-state index contributed by atoms with van der Waals surface area (Å²) < 4.78 is 4.81. The van der Waals surface area contributed by atoms with E-state index in [4.69, 9.17) is 11.6 Å². The number of hydrogen-bond donors (Lipinski definition) is 0. The first-order valence-corrected chi connectivity index (χ1v) is 4.86. The van der Waals surface area contributed by atoms with Crippen LogP contribution in [0, 0.1) is 10.1 Å². The third-order valence-electron chi connectivity index (χ3n) is 1.64. The van der Waals surface area contributed by atoms with Gasteiger partial charge in [0.1, 0.15) is 5.56 Å². The second kappa shape index (κ2) is 4.59. The molecule has 0 fully saturated rings. The van der Waals surface area contributed by atoms with Gasteiger partial charge >= 0.3 is 5.97 Å². The smallest absolute Gasteiger partial charge is 0.344 e. The Hall–Kier alpha value is -1.14. The molecule has 0 saturated heterocycles. The Labute approximate surface area is 98.3 Å². The lowest BCUT2D eigenvalue weighted by atomic mass is 10.2. The number of carbonyl (C=O) groups is 1. The highest BCUT2D eigenvalue weighted by molar-refractivity contribution is 9.10. The SMILES string of the molecule is COC(=O)c1cc(Br)c(Cl)cc1[N+](=O)[O-]. The number of nitrogens with zero attached hydrogens (tertiary/aromatic N) is 1. The van der Waals surface area contributed by atoms with E-state index in [2.05, 4.69) is 20.7 Å². The number of nitro benzene ring substituents is 1. The molecule has 1 aromatic rings. The van der Waals surface area contributed by atoms with Crippen LogP contribution in [0.4, 0.5) is 5.69 Å². The number of benzene rings is 1. The largest absolute Gasteiger partial charge is 0.465 e. The molecule has 0 heterocycles. The van der Waals surface area contributed by atoms with Crippen molar-refractivity contribution >= 4 is 39.2 Å². The fraction of sp³-hybridized carbons (Fsp3) is 0.125. The topological polar surface area (TPSA) is 69.4 Å². The second-order valence-corrected chi connectivity index (χ2v) is 3.79. The summed E-state index contributed by atoms with van der Waals surface area (Å²) in [7, 11) is 1.15. The zero-order valence-electron chi connectivity index (χ0n) is 7.49. The Kier molecular flexibility index (Phi) is 3.65. The quantitative estimate of drug-likeness (QED) is 0.478.